The molecule has 96 valence electrons. The highest BCUT2D eigenvalue weighted by molar-refractivity contribution is 6.01. The van der Waals surface area contributed by atoms with Crippen LogP contribution in [-0.4, -0.2) is 30.1 Å². The van der Waals surface area contributed by atoms with Gasteiger partial charge in [0.05, 0.1) is 17.2 Å². The molecule has 1 fully saturated rings. The fourth-order valence-corrected chi connectivity index (χ4v) is 1.54. The summed E-state index contributed by atoms with van der Waals surface area (Å²) in [5.74, 6) is -4.60. The van der Waals surface area contributed by atoms with E-state index in [9.17, 15) is 18.4 Å². The topological polar surface area (TPSA) is 78.4 Å². The fourth-order valence-electron chi connectivity index (χ4n) is 1.54. The summed E-state index contributed by atoms with van der Waals surface area (Å²) in [6.07, 6.45) is 0. The summed E-state index contributed by atoms with van der Waals surface area (Å²) >= 11 is 0. The van der Waals surface area contributed by atoms with Crippen molar-refractivity contribution in [1.82, 2.24) is 5.32 Å². The van der Waals surface area contributed by atoms with Crippen LogP contribution in [0.3, 0.4) is 0 Å². The minimum absolute atomic E-state index is 0.238. The number of carboxylic acids is 1. The van der Waals surface area contributed by atoms with Crippen LogP contribution in [0.4, 0.5) is 14.5 Å². The standard InChI is InChI=1S/C11H10F2N2O3/c12-7-1-6(11(17)18)9(2-8(7)13)15-10(16)5-3-14-4-5/h1-2,5,14H,3-4H2,(H,15,16)(H,17,18). The zero-order valence-electron chi connectivity index (χ0n) is 9.17. The Balaban J connectivity index is 2.27. The highest BCUT2D eigenvalue weighted by Gasteiger charge is 2.26. The van der Waals surface area contributed by atoms with Crippen molar-refractivity contribution in [2.24, 2.45) is 5.92 Å². The zero-order chi connectivity index (χ0) is 13.3. The molecule has 1 aliphatic rings. The van der Waals surface area contributed by atoms with Crippen molar-refractivity contribution in [3.63, 3.8) is 0 Å². The molecule has 0 radical (unpaired) electrons. The molecule has 1 aliphatic heterocycles. The third kappa shape index (κ3) is 2.30. The Hall–Kier alpha value is -2.02. The van der Waals surface area contributed by atoms with E-state index in [0.29, 0.717) is 25.2 Å². The quantitative estimate of drug-likeness (QED) is 0.748. The van der Waals surface area contributed by atoms with Crippen LogP contribution in [0.2, 0.25) is 0 Å². The predicted molar refractivity (Wildman–Crippen MR) is 58.3 cm³/mol. The summed E-state index contributed by atoms with van der Waals surface area (Å²) in [5.41, 5.74) is -0.715. The molecular formula is C11H10F2N2O3. The third-order valence-corrected chi connectivity index (χ3v) is 2.70. The van der Waals surface area contributed by atoms with Gasteiger partial charge in [-0.1, -0.05) is 0 Å². The largest absolute Gasteiger partial charge is 0.478 e. The number of nitrogens with one attached hydrogen (secondary N) is 2. The van der Waals surface area contributed by atoms with E-state index < -0.39 is 29.1 Å². The van der Waals surface area contributed by atoms with Crippen LogP contribution in [-0.2, 0) is 4.79 Å². The van der Waals surface area contributed by atoms with Gasteiger partial charge in [-0.2, -0.15) is 0 Å². The maximum Gasteiger partial charge on any atom is 0.337 e. The molecule has 18 heavy (non-hydrogen) atoms. The first kappa shape index (κ1) is 12.4. The minimum atomic E-state index is -1.43. The number of rotatable bonds is 3. The summed E-state index contributed by atoms with van der Waals surface area (Å²) in [5, 5.41) is 14.0. The lowest BCUT2D eigenvalue weighted by molar-refractivity contribution is -0.121. The Morgan fingerprint density at radius 2 is 1.89 bits per heavy atom. The smallest absolute Gasteiger partial charge is 0.337 e. The maximum atomic E-state index is 13.0. The highest BCUT2D eigenvalue weighted by atomic mass is 19.2. The van der Waals surface area contributed by atoms with Crippen LogP contribution >= 0.6 is 0 Å². The van der Waals surface area contributed by atoms with Gasteiger partial charge in [-0.15, -0.1) is 0 Å². The lowest BCUT2D eigenvalue weighted by atomic mass is 10.0. The van der Waals surface area contributed by atoms with Crippen molar-refractivity contribution in [1.29, 1.82) is 0 Å². The molecule has 0 aliphatic carbocycles. The first-order valence-corrected chi connectivity index (χ1v) is 5.23. The van der Waals surface area contributed by atoms with E-state index in [2.05, 4.69) is 10.6 Å². The SMILES string of the molecule is O=C(O)c1cc(F)c(F)cc1NC(=O)C1CNC1. The molecule has 1 amide bonds. The van der Waals surface area contributed by atoms with Gasteiger partial charge in [0.1, 0.15) is 0 Å². The van der Waals surface area contributed by atoms with E-state index >= 15 is 0 Å². The van der Waals surface area contributed by atoms with Crippen LogP contribution in [0.15, 0.2) is 12.1 Å². The van der Waals surface area contributed by atoms with Crippen molar-refractivity contribution in [2.45, 2.75) is 0 Å². The molecule has 0 unspecified atom stereocenters. The van der Waals surface area contributed by atoms with Gasteiger partial charge in [0.2, 0.25) is 5.91 Å². The van der Waals surface area contributed by atoms with Gasteiger partial charge in [0.15, 0.2) is 11.6 Å². The normalized spacial score (nSPS) is 15.0. The molecule has 2 rings (SSSR count). The van der Waals surface area contributed by atoms with E-state index in [1.165, 1.54) is 0 Å². The Morgan fingerprint density at radius 3 is 2.39 bits per heavy atom. The number of hydrogen-bond donors (Lipinski definition) is 3. The minimum Gasteiger partial charge on any atom is -0.478 e. The monoisotopic (exact) mass is 256 g/mol. The van der Waals surface area contributed by atoms with Crippen LogP contribution in [0.1, 0.15) is 10.4 Å². The van der Waals surface area contributed by atoms with Gasteiger partial charge in [-0.25, -0.2) is 13.6 Å². The first-order chi connectivity index (χ1) is 8.49. The van der Waals surface area contributed by atoms with E-state index in [4.69, 9.17) is 5.11 Å². The molecule has 1 heterocycles. The van der Waals surface area contributed by atoms with E-state index in [0.717, 1.165) is 0 Å². The van der Waals surface area contributed by atoms with Gasteiger partial charge in [0, 0.05) is 19.2 Å². The number of hydrogen-bond acceptors (Lipinski definition) is 3. The van der Waals surface area contributed by atoms with E-state index in [1.54, 1.807) is 0 Å². The molecule has 3 N–H and O–H groups in total. The number of benzene rings is 1. The maximum absolute atomic E-state index is 13.0. The number of carbonyl (C=O) groups excluding carboxylic acids is 1. The Labute approximate surface area is 101 Å². The highest BCUT2D eigenvalue weighted by Crippen LogP contribution is 2.21. The summed E-state index contributed by atoms with van der Waals surface area (Å²) in [6, 6.07) is 1.22. The average Bonchev–Trinajstić information content (AvgIpc) is 2.19. The molecule has 0 atom stereocenters. The second-order valence-electron chi connectivity index (χ2n) is 3.96. The van der Waals surface area contributed by atoms with Crippen LogP contribution < -0.4 is 10.6 Å². The first-order valence-electron chi connectivity index (χ1n) is 5.23. The molecule has 0 spiro atoms. The van der Waals surface area contributed by atoms with E-state index in [-0.39, 0.29) is 11.6 Å². The second-order valence-corrected chi connectivity index (χ2v) is 3.96. The summed E-state index contributed by atoms with van der Waals surface area (Å²) in [7, 11) is 0. The Morgan fingerprint density at radius 1 is 1.28 bits per heavy atom. The van der Waals surface area contributed by atoms with Crippen molar-refractivity contribution in [3.05, 3.63) is 29.3 Å². The molecular weight excluding hydrogens is 246 g/mol. The van der Waals surface area contributed by atoms with Gasteiger partial charge >= 0.3 is 5.97 Å². The Kier molecular flexibility index (Phi) is 3.24. The molecule has 0 bridgehead atoms. The third-order valence-electron chi connectivity index (χ3n) is 2.70. The van der Waals surface area contributed by atoms with E-state index in [1.807, 2.05) is 0 Å². The van der Waals surface area contributed by atoms with Gasteiger partial charge < -0.3 is 15.7 Å². The number of carboxylic acid groups (broad SMARTS) is 1. The van der Waals surface area contributed by atoms with Gasteiger partial charge in [-0.3, -0.25) is 4.79 Å². The zero-order valence-corrected chi connectivity index (χ0v) is 9.17. The second kappa shape index (κ2) is 4.69. The molecule has 0 saturated carbocycles. The number of anilines is 1. The molecule has 0 aromatic heterocycles. The van der Waals surface area contributed by atoms with Crippen LogP contribution in [0.25, 0.3) is 0 Å². The molecule has 5 nitrogen and oxygen atoms in total. The summed E-state index contributed by atoms with van der Waals surface area (Å²) in [6.45, 7) is 0.968. The van der Waals surface area contributed by atoms with Gasteiger partial charge in [-0.05, 0) is 6.07 Å². The molecule has 7 heteroatoms. The molecule has 1 aromatic carbocycles. The van der Waals surface area contributed by atoms with Crippen molar-refractivity contribution in [2.75, 3.05) is 18.4 Å². The average molecular weight is 256 g/mol. The van der Waals surface area contributed by atoms with Gasteiger partial charge in [0.25, 0.3) is 0 Å². The van der Waals surface area contributed by atoms with Crippen molar-refractivity contribution >= 4 is 17.6 Å². The van der Waals surface area contributed by atoms with Crippen molar-refractivity contribution < 1.29 is 23.5 Å². The lowest BCUT2D eigenvalue weighted by Gasteiger charge is -2.26. The number of carbonyl (C=O) groups is 2. The fraction of sp³-hybridized carbons (Fsp3) is 0.273. The summed E-state index contributed by atoms with van der Waals surface area (Å²) in [4.78, 5) is 22.5. The predicted octanol–water partition coefficient (Wildman–Crippen LogP) is 0.821. The van der Waals surface area contributed by atoms with Crippen LogP contribution in [0, 0.1) is 17.6 Å². The summed E-state index contributed by atoms with van der Waals surface area (Å²) < 4.78 is 26.0. The molecule has 1 saturated heterocycles. The number of amides is 1. The van der Waals surface area contributed by atoms with Crippen LogP contribution in [0.5, 0.6) is 0 Å². The number of halogens is 2. The molecule has 1 aromatic rings. The Bertz CT molecular complexity index is 515. The van der Waals surface area contributed by atoms with Crippen molar-refractivity contribution in [3.8, 4) is 0 Å². The number of aromatic carboxylic acids is 1. The lowest BCUT2D eigenvalue weighted by Crippen LogP contribution is -2.48.